The van der Waals surface area contributed by atoms with E-state index in [0.717, 1.165) is 6.42 Å². The number of rotatable bonds is 0. The van der Waals surface area contributed by atoms with Gasteiger partial charge in [-0.3, -0.25) is 9.59 Å². The van der Waals surface area contributed by atoms with Crippen molar-refractivity contribution >= 4 is 11.9 Å². The van der Waals surface area contributed by atoms with Crippen molar-refractivity contribution in [2.45, 2.75) is 6.42 Å². The predicted molar refractivity (Wildman–Crippen MR) is 38.8 cm³/mol. The maximum Gasteiger partial charge on any atom is 0.318 e. The van der Waals surface area contributed by atoms with Crippen LogP contribution >= 0.6 is 0 Å². The van der Waals surface area contributed by atoms with Crippen molar-refractivity contribution in [1.29, 1.82) is 0 Å². The Labute approximate surface area is 69.4 Å². The van der Waals surface area contributed by atoms with Gasteiger partial charge in [-0.25, -0.2) is 0 Å². The van der Waals surface area contributed by atoms with E-state index in [2.05, 4.69) is 4.74 Å². The maximum absolute atomic E-state index is 11.2. The van der Waals surface area contributed by atoms with Gasteiger partial charge in [0.15, 0.2) is 0 Å². The highest BCUT2D eigenvalue weighted by atomic mass is 16.6. The van der Waals surface area contributed by atoms with Crippen LogP contribution in [-0.2, 0) is 14.3 Å². The quantitative estimate of drug-likeness (QED) is 0.297. The number of carbonyl (C=O) groups excluding carboxylic acids is 2. The molecule has 4 atom stereocenters. The Morgan fingerprint density at radius 1 is 1.08 bits per heavy atom. The summed E-state index contributed by atoms with van der Waals surface area (Å²) < 4.78 is 4.59. The lowest BCUT2D eigenvalue weighted by Gasteiger charge is -2.12. The van der Waals surface area contributed by atoms with E-state index in [1.54, 1.807) is 0 Å². The number of cyclic esters (lactones) is 2. The van der Waals surface area contributed by atoms with Crippen molar-refractivity contribution in [1.82, 2.24) is 0 Å². The maximum atomic E-state index is 11.2. The van der Waals surface area contributed by atoms with Crippen LogP contribution in [0.15, 0.2) is 12.2 Å². The van der Waals surface area contributed by atoms with Crippen molar-refractivity contribution in [3.63, 3.8) is 0 Å². The second-order valence-corrected chi connectivity index (χ2v) is 3.74. The van der Waals surface area contributed by atoms with Crippen LogP contribution < -0.4 is 0 Å². The number of carbonyl (C=O) groups is 2. The number of fused-ring (bicyclic) bond motifs is 5. The van der Waals surface area contributed by atoms with E-state index in [4.69, 9.17) is 0 Å². The van der Waals surface area contributed by atoms with Crippen LogP contribution in [0, 0.1) is 23.7 Å². The van der Waals surface area contributed by atoms with Gasteiger partial charge in [0.1, 0.15) is 0 Å². The molecule has 62 valence electrons. The summed E-state index contributed by atoms with van der Waals surface area (Å²) >= 11 is 0. The fourth-order valence-corrected chi connectivity index (χ4v) is 2.70. The van der Waals surface area contributed by atoms with E-state index < -0.39 is 0 Å². The van der Waals surface area contributed by atoms with Crippen LogP contribution in [0.2, 0.25) is 0 Å². The third-order valence-electron chi connectivity index (χ3n) is 3.20. The Morgan fingerprint density at radius 3 is 2.08 bits per heavy atom. The van der Waals surface area contributed by atoms with Gasteiger partial charge in [-0.15, -0.1) is 0 Å². The summed E-state index contributed by atoms with van der Waals surface area (Å²) in [5.74, 6) is -0.346. The third kappa shape index (κ3) is 0.543. The van der Waals surface area contributed by atoms with Crippen LogP contribution in [0.4, 0.5) is 0 Å². The molecule has 2 fully saturated rings. The molecule has 0 unspecified atom stereocenters. The molecule has 1 saturated heterocycles. The zero-order valence-electron chi connectivity index (χ0n) is 6.40. The number of hydrogen-bond donors (Lipinski definition) is 0. The molecule has 1 aliphatic heterocycles. The SMILES string of the molecule is O=C1OC(=O)[C@H]2[C@H]1[C@@H]1C=C[C@@H]2C1. The monoisotopic (exact) mass is 164 g/mol. The van der Waals surface area contributed by atoms with Gasteiger partial charge in [-0.2, -0.15) is 0 Å². The van der Waals surface area contributed by atoms with Crippen LogP contribution in [0.1, 0.15) is 6.42 Å². The van der Waals surface area contributed by atoms with Crippen LogP contribution in [0.25, 0.3) is 0 Å². The van der Waals surface area contributed by atoms with Crippen molar-refractivity contribution in [3.8, 4) is 0 Å². The average Bonchev–Trinajstić information content (AvgIpc) is 2.64. The fraction of sp³-hybridized carbons (Fsp3) is 0.556. The summed E-state index contributed by atoms with van der Waals surface area (Å²) in [6, 6.07) is 0. The van der Waals surface area contributed by atoms with Crippen molar-refractivity contribution in [2.24, 2.45) is 23.7 Å². The first-order chi connectivity index (χ1) is 5.77. The molecular weight excluding hydrogens is 156 g/mol. The van der Waals surface area contributed by atoms with Gasteiger partial charge in [0.05, 0.1) is 11.8 Å². The first-order valence-electron chi connectivity index (χ1n) is 4.21. The number of esters is 2. The Bertz CT molecular complexity index is 277. The van der Waals surface area contributed by atoms with Gasteiger partial charge >= 0.3 is 11.9 Å². The predicted octanol–water partition coefficient (Wildman–Crippen LogP) is 0.508. The Hall–Kier alpha value is -1.12. The van der Waals surface area contributed by atoms with Gasteiger partial charge in [-0.05, 0) is 18.3 Å². The zero-order chi connectivity index (χ0) is 8.29. The average molecular weight is 164 g/mol. The molecule has 0 spiro atoms. The van der Waals surface area contributed by atoms with Crippen molar-refractivity contribution < 1.29 is 14.3 Å². The molecule has 3 aliphatic rings. The number of allylic oxidation sites excluding steroid dienone is 2. The lowest BCUT2D eigenvalue weighted by atomic mass is 9.85. The fourth-order valence-electron chi connectivity index (χ4n) is 2.70. The Balaban J connectivity index is 2.08. The van der Waals surface area contributed by atoms with Gasteiger partial charge in [0.25, 0.3) is 0 Å². The van der Waals surface area contributed by atoms with E-state index in [0.29, 0.717) is 0 Å². The van der Waals surface area contributed by atoms with Crippen LogP contribution in [0.5, 0.6) is 0 Å². The van der Waals surface area contributed by atoms with Gasteiger partial charge in [0, 0.05) is 0 Å². The van der Waals surface area contributed by atoms with E-state index in [9.17, 15) is 9.59 Å². The molecule has 2 bridgehead atoms. The molecule has 0 amide bonds. The van der Waals surface area contributed by atoms with E-state index in [-0.39, 0.29) is 35.6 Å². The molecule has 0 aromatic rings. The Morgan fingerprint density at radius 2 is 1.58 bits per heavy atom. The highest BCUT2D eigenvalue weighted by Crippen LogP contribution is 2.51. The minimum atomic E-state index is -0.304. The van der Waals surface area contributed by atoms with E-state index in [1.807, 2.05) is 12.2 Å². The van der Waals surface area contributed by atoms with Crippen LogP contribution in [-0.4, -0.2) is 11.9 Å². The lowest BCUT2D eigenvalue weighted by Crippen LogP contribution is -2.21. The first-order valence-corrected chi connectivity index (χ1v) is 4.21. The second kappa shape index (κ2) is 1.79. The van der Waals surface area contributed by atoms with Crippen molar-refractivity contribution in [2.75, 3.05) is 0 Å². The van der Waals surface area contributed by atoms with E-state index >= 15 is 0 Å². The lowest BCUT2D eigenvalue weighted by molar-refractivity contribution is -0.154. The highest BCUT2D eigenvalue weighted by Gasteiger charge is 2.57. The number of hydrogen-bond acceptors (Lipinski definition) is 3. The first kappa shape index (κ1) is 6.40. The minimum Gasteiger partial charge on any atom is -0.393 e. The smallest absolute Gasteiger partial charge is 0.318 e. The van der Waals surface area contributed by atoms with Gasteiger partial charge < -0.3 is 4.74 Å². The zero-order valence-corrected chi connectivity index (χ0v) is 6.40. The summed E-state index contributed by atoms with van der Waals surface area (Å²) in [6.07, 6.45) is 5.06. The standard InChI is InChI=1S/C9H8O3/c10-8-6-4-1-2-5(3-4)7(6)9(11)12-8/h1-2,4-7H,3H2/t4-,5-,6-,7-/m1/s1. The number of ether oxygens (including phenoxy) is 1. The summed E-state index contributed by atoms with van der Waals surface area (Å²) in [5, 5.41) is 0. The van der Waals surface area contributed by atoms with Crippen molar-refractivity contribution in [3.05, 3.63) is 12.2 Å². The Kier molecular flexibility index (Phi) is 0.953. The van der Waals surface area contributed by atoms with Gasteiger partial charge in [-0.1, -0.05) is 12.2 Å². The molecule has 0 aromatic heterocycles. The molecular formula is C9H8O3. The third-order valence-corrected chi connectivity index (χ3v) is 3.20. The molecule has 2 aliphatic carbocycles. The molecule has 3 nitrogen and oxygen atoms in total. The van der Waals surface area contributed by atoms with E-state index in [1.165, 1.54) is 0 Å². The van der Waals surface area contributed by atoms with Crippen LogP contribution in [0.3, 0.4) is 0 Å². The summed E-state index contributed by atoms with van der Waals surface area (Å²) in [7, 11) is 0. The molecule has 0 radical (unpaired) electrons. The van der Waals surface area contributed by atoms with Gasteiger partial charge in [0.2, 0.25) is 0 Å². The largest absolute Gasteiger partial charge is 0.393 e. The normalized spacial score (nSPS) is 48.3. The topological polar surface area (TPSA) is 43.4 Å². The summed E-state index contributed by atoms with van der Waals surface area (Å²) in [5.41, 5.74) is 0. The molecule has 1 saturated carbocycles. The molecule has 1 heterocycles. The molecule has 12 heavy (non-hydrogen) atoms. The highest BCUT2D eigenvalue weighted by molar-refractivity contribution is 5.98. The molecule has 0 aromatic carbocycles. The molecule has 3 heteroatoms. The molecule has 3 rings (SSSR count). The summed E-state index contributed by atoms with van der Waals surface area (Å²) in [6.45, 7) is 0. The minimum absolute atomic E-state index is 0.146. The summed E-state index contributed by atoms with van der Waals surface area (Å²) in [4.78, 5) is 22.4. The molecule has 0 N–H and O–H groups in total. The second-order valence-electron chi connectivity index (χ2n) is 3.74.